The fraction of sp³-hybridized carbons (Fsp3) is 0.286. The number of nitrogen functional groups attached to an aromatic ring is 2. The summed E-state index contributed by atoms with van der Waals surface area (Å²) in [5.41, 5.74) is 10.4. The molecule has 0 aliphatic heterocycles. The van der Waals surface area contributed by atoms with Gasteiger partial charge < -0.3 is 21.2 Å². The molecule has 0 fully saturated rings. The molecule has 0 amide bonds. The Morgan fingerprint density at radius 1 is 1.07 bits per heavy atom. The third kappa shape index (κ3) is 14.4. The zero-order chi connectivity index (χ0) is 22.8. The molecule has 0 aromatic carbocycles. The molecule has 0 atom stereocenters. The van der Waals surface area contributed by atoms with Gasteiger partial charge in [0.25, 0.3) is 0 Å². The van der Waals surface area contributed by atoms with Gasteiger partial charge in [-0.05, 0) is 31.9 Å². The number of nitrogens with zero attached hydrogens (tertiary/aromatic N) is 1. The van der Waals surface area contributed by atoms with Crippen molar-refractivity contribution in [3.63, 3.8) is 0 Å². The number of H-pyrrole nitrogens is 1. The van der Waals surface area contributed by atoms with Crippen molar-refractivity contribution in [2.45, 2.75) is 12.4 Å². The van der Waals surface area contributed by atoms with E-state index in [0.29, 0.717) is 14.8 Å². The van der Waals surface area contributed by atoms with Crippen molar-refractivity contribution in [3.05, 3.63) is 43.7 Å². The highest BCUT2D eigenvalue weighted by molar-refractivity contribution is 14.1. The van der Waals surface area contributed by atoms with Crippen molar-refractivity contribution in [3.8, 4) is 5.75 Å². The smallest absolute Gasteiger partial charge is 0.422 e. The summed E-state index contributed by atoms with van der Waals surface area (Å²) in [6.07, 6.45) is -5.54. The van der Waals surface area contributed by atoms with Crippen molar-refractivity contribution in [1.29, 1.82) is 0 Å². The third-order valence-electron chi connectivity index (χ3n) is 2.27. The van der Waals surface area contributed by atoms with E-state index in [1.807, 2.05) is 0 Å². The first-order valence-electron chi connectivity index (χ1n) is 7.01. The maximum Gasteiger partial charge on any atom is 0.422 e. The van der Waals surface area contributed by atoms with E-state index < -0.39 is 23.4 Å². The van der Waals surface area contributed by atoms with Crippen LogP contribution in [-0.4, -0.2) is 33.4 Å². The average molecular weight is 670 g/mol. The summed E-state index contributed by atoms with van der Waals surface area (Å²) in [5, 5.41) is 0. The van der Waals surface area contributed by atoms with E-state index in [1.165, 1.54) is 47.1 Å². The molecule has 0 spiro atoms. The second-order valence-electron chi connectivity index (χ2n) is 4.79. The number of rotatable bonds is 2. The maximum atomic E-state index is 11.8. The Balaban J connectivity index is 0.000000448. The number of hydrogen-bond donors (Lipinski definition) is 3. The van der Waals surface area contributed by atoms with Gasteiger partial charge in [0.1, 0.15) is 17.4 Å². The van der Waals surface area contributed by atoms with Gasteiger partial charge in [-0.1, -0.05) is 22.6 Å². The fourth-order valence-electron chi connectivity index (χ4n) is 1.18. The molecule has 0 saturated heterocycles. The molecule has 29 heavy (non-hydrogen) atoms. The Kier molecular flexibility index (Phi) is 11.9. The van der Waals surface area contributed by atoms with Gasteiger partial charge in [0.15, 0.2) is 12.0 Å². The van der Waals surface area contributed by atoms with Gasteiger partial charge in [-0.3, -0.25) is 4.79 Å². The molecule has 2 aromatic heterocycles. The van der Waals surface area contributed by atoms with Gasteiger partial charge in [-0.2, -0.15) is 26.3 Å². The lowest BCUT2D eigenvalue weighted by atomic mass is 10.4. The predicted molar refractivity (Wildman–Crippen MR) is 112 cm³/mol. The van der Waals surface area contributed by atoms with Crippen molar-refractivity contribution < 1.29 is 31.1 Å². The number of hydrogen-bond acceptors (Lipinski definition) is 5. The minimum absolute atomic E-state index is 0.0230. The minimum Gasteiger partial charge on any atom is -0.483 e. The number of pyridine rings is 2. The summed E-state index contributed by atoms with van der Waals surface area (Å²) < 4.78 is 72.2. The van der Waals surface area contributed by atoms with Crippen molar-refractivity contribution in [2.24, 2.45) is 0 Å². The summed E-state index contributed by atoms with van der Waals surface area (Å²) in [6, 6.07) is 2.54. The zero-order valence-electron chi connectivity index (χ0n) is 14.0. The number of halogens is 9. The van der Waals surface area contributed by atoms with Gasteiger partial charge in [-0.15, -0.1) is 0 Å². The lowest BCUT2D eigenvalue weighted by molar-refractivity contribution is -0.153. The van der Waals surface area contributed by atoms with Gasteiger partial charge in [0.2, 0.25) is 0 Å². The van der Waals surface area contributed by atoms with Crippen LogP contribution in [0.2, 0.25) is 0 Å². The highest BCUT2D eigenvalue weighted by Crippen LogP contribution is 2.27. The van der Waals surface area contributed by atoms with E-state index in [4.69, 9.17) is 11.5 Å². The van der Waals surface area contributed by atoms with Crippen LogP contribution >= 0.6 is 54.5 Å². The Hall–Kier alpha value is -1.23. The van der Waals surface area contributed by atoms with Crippen molar-refractivity contribution >= 4 is 66.1 Å². The largest absolute Gasteiger partial charge is 0.483 e. The second kappa shape index (κ2) is 12.5. The van der Waals surface area contributed by atoms with E-state index >= 15 is 0 Å². The molecule has 0 aliphatic rings. The lowest BCUT2D eigenvalue weighted by Crippen LogP contribution is -2.19. The van der Waals surface area contributed by atoms with Crippen molar-refractivity contribution in [2.75, 3.05) is 22.5 Å². The summed E-state index contributed by atoms with van der Waals surface area (Å²) in [4.78, 5) is 17.0. The molecule has 2 heterocycles. The Labute approximate surface area is 190 Å². The first-order valence-corrected chi connectivity index (χ1v) is 10.1. The number of ether oxygens (including phenoxy) is 1. The molecule has 5 N–H and O–H groups in total. The topological polar surface area (TPSA) is 107 Å². The number of aromatic amines is 1. The molecule has 2 aromatic rings. The molecule has 0 radical (unpaired) electrons. The first kappa shape index (κ1) is 27.8. The number of nitrogens with one attached hydrogen (secondary N) is 1. The van der Waals surface area contributed by atoms with Crippen LogP contribution in [0.15, 0.2) is 38.3 Å². The van der Waals surface area contributed by atoms with Crippen LogP contribution < -0.4 is 21.6 Å². The van der Waals surface area contributed by atoms with Gasteiger partial charge >= 0.3 is 12.4 Å². The number of nitrogens with two attached hydrogens (primary N) is 2. The molecule has 0 aliphatic carbocycles. The standard InChI is InChI=1S/C7H6BrF3N2O.C5H5BrN2O.C2H2F3I/c8-4-2-13-6(12)1-5(4)14-3-7(9,10)11;6-3-2-8-5(7)1-4(3)9;3-2(4,5)1-6/h1-2H,3H2,(H2,12,13);1-2H,(H3,7,8,9);1H2. The second-order valence-corrected chi connectivity index (χ2v) is 7.26. The monoisotopic (exact) mass is 668 g/mol. The zero-order valence-corrected chi connectivity index (χ0v) is 19.4. The quantitative estimate of drug-likeness (QED) is 0.235. The van der Waals surface area contributed by atoms with Crippen LogP contribution in [-0.2, 0) is 0 Å². The summed E-state index contributed by atoms with van der Waals surface area (Å²) >= 11 is 7.29. The highest BCUT2D eigenvalue weighted by Gasteiger charge is 2.28. The number of anilines is 2. The SMILES string of the molecule is FC(F)(F)CI.Nc1cc(=O)c(Br)c[nH]1.Nc1cc(OCC(F)(F)F)c(Br)cn1. The normalized spacial score (nSPS) is 10.9. The summed E-state index contributed by atoms with van der Waals surface area (Å²) in [7, 11) is 0. The van der Waals surface area contributed by atoms with E-state index in [2.05, 4.69) is 46.6 Å². The van der Waals surface area contributed by atoms with Crippen LogP contribution in [0.1, 0.15) is 0 Å². The van der Waals surface area contributed by atoms with Crippen LogP contribution in [0, 0.1) is 0 Å². The third-order valence-corrected chi connectivity index (χ3v) is 4.35. The highest BCUT2D eigenvalue weighted by atomic mass is 127. The Morgan fingerprint density at radius 3 is 2.03 bits per heavy atom. The molecule has 6 nitrogen and oxygen atoms in total. The molecule has 0 unspecified atom stereocenters. The van der Waals surface area contributed by atoms with Crippen LogP contribution in [0.4, 0.5) is 38.0 Å². The summed E-state index contributed by atoms with van der Waals surface area (Å²) in [5.74, 6) is 0.503. The average Bonchev–Trinajstić information content (AvgIpc) is 2.59. The molecule has 15 heteroatoms. The first-order chi connectivity index (χ1) is 13.1. The fourth-order valence-corrected chi connectivity index (χ4v) is 1.74. The van der Waals surface area contributed by atoms with Crippen LogP contribution in [0.5, 0.6) is 5.75 Å². The van der Waals surface area contributed by atoms with E-state index in [0.717, 1.165) is 0 Å². The van der Waals surface area contributed by atoms with E-state index in [1.54, 1.807) is 0 Å². The minimum atomic E-state index is -4.36. The van der Waals surface area contributed by atoms with Gasteiger partial charge in [-0.25, -0.2) is 4.98 Å². The van der Waals surface area contributed by atoms with Crippen molar-refractivity contribution in [1.82, 2.24) is 9.97 Å². The van der Waals surface area contributed by atoms with Crippen LogP contribution in [0.25, 0.3) is 0 Å². The molecular weight excluding hydrogens is 657 g/mol. The molecule has 0 saturated carbocycles. The number of aromatic nitrogens is 2. The number of alkyl halides is 7. The van der Waals surface area contributed by atoms with Gasteiger partial charge in [0, 0.05) is 24.5 Å². The van der Waals surface area contributed by atoms with Crippen LogP contribution in [0.3, 0.4) is 0 Å². The molecule has 0 bridgehead atoms. The predicted octanol–water partition coefficient (Wildman–Crippen LogP) is 5.07. The van der Waals surface area contributed by atoms with E-state index in [-0.39, 0.29) is 17.0 Å². The van der Waals surface area contributed by atoms with Gasteiger partial charge in [0.05, 0.1) is 13.4 Å². The molecule has 2 rings (SSSR count). The Morgan fingerprint density at radius 2 is 1.62 bits per heavy atom. The summed E-state index contributed by atoms with van der Waals surface area (Å²) in [6.45, 7) is -1.35. The maximum absolute atomic E-state index is 11.8. The molecular formula is C14H13Br2F6IN4O2. The molecule has 164 valence electrons. The Bertz CT molecular complexity index is 833. The van der Waals surface area contributed by atoms with E-state index in [9.17, 15) is 31.1 Å². The lowest BCUT2D eigenvalue weighted by Gasteiger charge is -2.10.